The molecule has 1 atom stereocenters. The zero-order valence-corrected chi connectivity index (χ0v) is 23.1. The molecule has 3 aliphatic heterocycles. The minimum Gasteiger partial charge on any atom is -0.371 e. The lowest BCUT2D eigenvalue weighted by molar-refractivity contribution is -0.262. The number of piperidine rings is 2. The largest absolute Gasteiger partial charge is 0.430 e. The number of alkyl halides is 3. The third kappa shape index (κ3) is 5.55. The molecule has 6 nitrogen and oxygen atoms in total. The highest BCUT2D eigenvalue weighted by atomic mass is 35.5. The van der Waals surface area contributed by atoms with Crippen LogP contribution in [0.15, 0.2) is 48.5 Å². The van der Waals surface area contributed by atoms with Crippen molar-refractivity contribution in [3.8, 4) is 0 Å². The van der Waals surface area contributed by atoms with Crippen LogP contribution in [0.3, 0.4) is 0 Å². The van der Waals surface area contributed by atoms with E-state index in [0.717, 1.165) is 69.7 Å². The molecule has 3 heterocycles. The number of hydrogen-bond donors (Lipinski definition) is 1. The van der Waals surface area contributed by atoms with Crippen LogP contribution in [0.1, 0.15) is 54.4 Å². The van der Waals surface area contributed by atoms with Crippen LogP contribution in [0, 0.1) is 11.8 Å². The molecule has 0 aliphatic carbocycles. The fraction of sp³-hybridized carbons (Fsp3) is 0.533. The number of halogens is 4. The van der Waals surface area contributed by atoms with Gasteiger partial charge in [0.25, 0.3) is 17.4 Å². The van der Waals surface area contributed by atoms with E-state index in [9.17, 15) is 27.9 Å². The van der Waals surface area contributed by atoms with Gasteiger partial charge in [0.05, 0.1) is 10.6 Å². The van der Waals surface area contributed by atoms with Gasteiger partial charge >= 0.3 is 6.18 Å². The maximum atomic E-state index is 14.0. The average molecular weight is 578 g/mol. The molecule has 0 radical (unpaired) electrons. The van der Waals surface area contributed by atoms with Crippen molar-refractivity contribution in [1.82, 2.24) is 9.80 Å². The van der Waals surface area contributed by atoms with Crippen molar-refractivity contribution in [2.24, 2.45) is 11.8 Å². The number of aliphatic hydroxyl groups is 1. The van der Waals surface area contributed by atoms with Crippen molar-refractivity contribution in [3.05, 3.63) is 64.7 Å². The third-order valence-corrected chi connectivity index (χ3v) is 9.20. The first-order valence-electron chi connectivity index (χ1n) is 14.1. The minimum absolute atomic E-state index is 0.0185. The summed E-state index contributed by atoms with van der Waals surface area (Å²) in [5.41, 5.74) is -2.50. The lowest BCUT2D eigenvalue weighted by Gasteiger charge is -2.42. The summed E-state index contributed by atoms with van der Waals surface area (Å²) in [5, 5.41) is 11.1. The third-order valence-electron chi connectivity index (χ3n) is 8.89. The lowest BCUT2D eigenvalue weighted by atomic mass is 9.78. The van der Waals surface area contributed by atoms with E-state index in [4.69, 9.17) is 11.6 Å². The summed E-state index contributed by atoms with van der Waals surface area (Å²) in [6.45, 7) is 3.57. The Morgan fingerprint density at radius 3 is 1.93 bits per heavy atom. The van der Waals surface area contributed by atoms with E-state index in [1.807, 2.05) is 23.1 Å². The number of rotatable bonds is 5. The number of nitrogens with zero attached hydrogens (tertiary/aromatic N) is 3. The van der Waals surface area contributed by atoms with Gasteiger partial charge in [0.1, 0.15) is 0 Å². The standard InChI is InChI=1S/C30H35ClF3N3O3/c31-26-20-24(8-9-25(26)27(38)36-14-4-5-15-36)35-16-10-21(11-17-35)22-12-18-37(19-13-22)28(39)29(40,30(32,33)34)23-6-2-1-3-7-23/h1-3,6-9,20-22,40H,4-5,10-19H2. The minimum atomic E-state index is -5.13. The average Bonchev–Trinajstić information content (AvgIpc) is 3.51. The van der Waals surface area contributed by atoms with E-state index in [1.165, 1.54) is 17.0 Å². The van der Waals surface area contributed by atoms with Crippen LogP contribution in [0.2, 0.25) is 5.02 Å². The van der Waals surface area contributed by atoms with Crippen molar-refractivity contribution in [1.29, 1.82) is 0 Å². The van der Waals surface area contributed by atoms with Gasteiger partial charge in [0.15, 0.2) is 0 Å². The topological polar surface area (TPSA) is 64.1 Å². The highest BCUT2D eigenvalue weighted by Gasteiger charge is 2.62. The van der Waals surface area contributed by atoms with Gasteiger partial charge in [0.2, 0.25) is 0 Å². The highest BCUT2D eigenvalue weighted by molar-refractivity contribution is 6.34. The molecule has 0 spiro atoms. The summed E-state index contributed by atoms with van der Waals surface area (Å²) < 4.78 is 41.9. The summed E-state index contributed by atoms with van der Waals surface area (Å²) in [5.74, 6) is -0.598. The first-order chi connectivity index (χ1) is 19.1. The van der Waals surface area contributed by atoms with Crippen LogP contribution in [0.5, 0.6) is 0 Å². The van der Waals surface area contributed by atoms with E-state index in [0.29, 0.717) is 35.3 Å². The van der Waals surface area contributed by atoms with Crippen LogP contribution in [-0.4, -0.2) is 72.2 Å². The van der Waals surface area contributed by atoms with Crippen molar-refractivity contribution in [2.75, 3.05) is 44.2 Å². The van der Waals surface area contributed by atoms with Gasteiger partial charge in [-0.3, -0.25) is 9.59 Å². The van der Waals surface area contributed by atoms with Gasteiger partial charge in [-0.1, -0.05) is 41.9 Å². The molecule has 0 aromatic heterocycles. The van der Waals surface area contributed by atoms with Crippen molar-refractivity contribution < 1.29 is 27.9 Å². The first kappa shape index (κ1) is 28.7. The smallest absolute Gasteiger partial charge is 0.371 e. The second-order valence-electron chi connectivity index (χ2n) is 11.2. The first-order valence-corrected chi connectivity index (χ1v) is 14.4. The molecule has 216 valence electrons. The molecule has 2 aromatic carbocycles. The van der Waals surface area contributed by atoms with Gasteiger partial charge < -0.3 is 19.8 Å². The molecule has 3 saturated heterocycles. The number of carbonyl (C=O) groups excluding carboxylic acids is 2. The van der Waals surface area contributed by atoms with Gasteiger partial charge in [-0.05, 0) is 68.6 Å². The van der Waals surface area contributed by atoms with E-state index in [1.54, 1.807) is 6.07 Å². The molecule has 5 rings (SSSR count). The predicted octanol–water partition coefficient (Wildman–Crippen LogP) is 5.48. The molecule has 3 aliphatic rings. The summed E-state index contributed by atoms with van der Waals surface area (Å²) in [6.07, 6.45) is 0.000959. The van der Waals surface area contributed by atoms with Crippen LogP contribution >= 0.6 is 11.6 Å². The van der Waals surface area contributed by atoms with Gasteiger partial charge in [0, 0.05) is 50.5 Å². The quantitative estimate of drug-likeness (QED) is 0.511. The summed E-state index contributed by atoms with van der Waals surface area (Å²) in [7, 11) is 0. The molecule has 2 amide bonds. The molecule has 1 unspecified atom stereocenters. The van der Waals surface area contributed by atoms with Crippen LogP contribution in [-0.2, 0) is 10.4 Å². The van der Waals surface area contributed by atoms with Crippen molar-refractivity contribution in [3.63, 3.8) is 0 Å². The van der Waals surface area contributed by atoms with Crippen LogP contribution in [0.4, 0.5) is 18.9 Å². The number of amides is 2. The summed E-state index contributed by atoms with van der Waals surface area (Å²) in [4.78, 5) is 31.0. The normalized spacial score (nSPS) is 21.0. The van der Waals surface area contributed by atoms with Crippen LogP contribution in [0.25, 0.3) is 0 Å². The number of anilines is 1. The van der Waals surface area contributed by atoms with Gasteiger partial charge in [-0.25, -0.2) is 0 Å². The molecule has 1 N–H and O–H groups in total. The van der Waals surface area contributed by atoms with Crippen molar-refractivity contribution in [2.45, 2.75) is 50.3 Å². The number of likely N-dealkylation sites (tertiary alicyclic amines) is 2. The zero-order valence-electron chi connectivity index (χ0n) is 22.4. The Bertz CT molecular complexity index is 1210. The number of benzene rings is 2. The number of hydrogen-bond acceptors (Lipinski definition) is 4. The summed E-state index contributed by atoms with van der Waals surface area (Å²) >= 11 is 6.52. The molecule has 0 saturated carbocycles. The molecule has 2 aromatic rings. The fourth-order valence-electron chi connectivity index (χ4n) is 6.48. The Hall–Kier alpha value is -2.78. The van der Waals surface area contributed by atoms with Crippen LogP contribution < -0.4 is 4.90 Å². The van der Waals surface area contributed by atoms with E-state index in [-0.39, 0.29) is 19.0 Å². The SMILES string of the molecule is O=C(c1ccc(N2CCC(C3CCN(C(=O)C(O)(c4ccccc4)C(F)(F)F)CC3)CC2)cc1Cl)N1CCCC1. The molecule has 10 heteroatoms. The van der Waals surface area contributed by atoms with Crippen molar-refractivity contribution >= 4 is 29.1 Å². The molecular weight excluding hydrogens is 543 g/mol. The monoisotopic (exact) mass is 577 g/mol. The van der Waals surface area contributed by atoms with Gasteiger partial charge in [-0.15, -0.1) is 0 Å². The lowest BCUT2D eigenvalue weighted by Crippen LogP contribution is -2.57. The number of carbonyl (C=O) groups is 2. The van der Waals surface area contributed by atoms with Gasteiger partial charge in [-0.2, -0.15) is 13.2 Å². The Morgan fingerprint density at radius 2 is 1.38 bits per heavy atom. The Balaban J connectivity index is 1.16. The highest BCUT2D eigenvalue weighted by Crippen LogP contribution is 2.42. The van der Waals surface area contributed by atoms with E-state index >= 15 is 0 Å². The maximum Gasteiger partial charge on any atom is 0.430 e. The van der Waals surface area contributed by atoms with E-state index in [2.05, 4.69) is 4.90 Å². The Labute approximate surface area is 237 Å². The fourth-order valence-corrected chi connectivity index (χ4v) is 6.74. The zero-order chi connectivity index (χ0) is 28.5. The maximum absolute atomic E-state index is 14.0. The summed E-state index contributed by atoms with van der Waals surface area (Å²) in [6, 6.07) is 12.2. The molecule has 3 fully saturated rings. The molecular formula is C30H35ClF3N3O3. The Morgan fingerprint density at radius 1 is 0.800 bits per heavy atom. The Kier molecular flexibility index (Phi) is 8.34. The second kappa shape index (κ2) is 11.6. The molecule has 40 heavy (non-hydrogen) atoms. The second-order valence-corrected chi connectivity index (χ2v) is 11.6. The predicted molar refractivity (Wildman–Crippen MR) is 147 cm³/mol. The van der Waals surface area contributed by atoms with E-state index < -0.39 is 23.2 Å². The molecule has 0 bridgehead atoms.